The summed E-state index contributed by atoms with van der Waals surface area (Å²) in [4.78, 5) is 44.1. The molecule has 3 amide bonds. The molecule has 2 aliphatic heterocycles. The second-order valence-corrected chi connectivity index (χ2v) is 11.9. The molecular weight excluding hydrogens is 531 g/mol. The first-order chi connectivity index (χ1) is 18.0. The van der Waals surface area contributed by atoms with Gasteiger partial charge in [0, 0.05) is 31.9 Å². The van der Waals surface area contributed by atoms with Gasteiger partial charge in [-0.05, 0) is 62.8 Å². The van der Waals surface area contributed by atoms with Crippen LogP contribution in [0.2, 0.25) is 10.0 Å². The fourth-order valence-corrected chi connectivity index (χ4v) is 5.63. The highest BCUT2D eigenvalue weighted by Gasteiger charge is 2.51. The Hall–Kier alpha value is -2.07. The number of nitrogens with one attached hydrogen (secondary N) is 1. The minimum Gasteiger partial charge on any atom is -0.463 e. The van der Waals surface area contributed by atoms with Gasteiger partial charge in [0.25, 0.3) is 0 Å². The van der Waals surface area contributed by atoms with Gasteiger partial charge in [0.1, 0.15) is 12.6 Å². The fourth-order valence-electron chi connectivity index (χ4n) is 5.33. The number of amides is 3. The van der Waals surface area contributed by atoms with Crippen molar-refractivity contribution in [2.24, 2.45) is 11.3 Å². The summed E-state index contributed by atoms with van der Waals surface area (Å²) >= 11 is 12.0. The molecule has 1 spiro atoms. The number of nitrogens with zero attached hydrogens (tertiary/aromatic N) is 3. The third-order valence-corrected chi connectivity index (χ3v) is 8.93. The molecule has 1 aromatic carbocycles. The lowest BCUT2D eigenvalue weighted by atomic mass is 9.90. The summed E-state index contributed by atoms with van der Waals surface area (Å²) in [6.45, 7) is 8.26. The quantitative estimate of drug-likeness (QED) is 0.461. The molecule has 3 fully saturated rings. The van der Waals surface area contributed by atoms with E-state index in [1.165, 1.54) is 4.90 Å². The zero-order chi connectivity index (χ0) is 27.6. The van der Waals surface area contributed by atoms with Gasteiger partial charge >= 0.3 is 12.0 Å². The second-order valence-electron chi connectivity index (χ2n) is 11.1. The fraction of sp³-hybridized carbons (Fsp3) is 0.667. The number of piperazine rings is 1. The third-order valence-electron chi connectivity index (χ3n) is 8.19. The van der Waals surface area contributed by atoms with Gasteiger partial charge in [-0.1, -0.05) is 37.0 Å². The van der Waals surface area contributed by atoms with Crippen LogP contribution in [0.1, 0.15) is 46.5 Å². The molecule has 3 atom stereocenters. The van der Waals surface area contributed by atoms with Gasteiger partial charge in [0.2, 0.25) is 5.91 Å². The van der Waals surface area contributed by atoms with E-state index in [0.29, 0.717) is 48.3 Å². The molecule has 1 aromatic rings. The van der Waals surface area contributed by atoms with Crippen molar-refractivity contribution in [1.29, 1.82) is 0 Å². The molecule has 210 valence electrons. The summed E-state index contributed by atoms with van der Waals surface area (Å²) in [6, 6.07) is 3.40. The van der Waals surface area contributed by atoms with E-state index in [1.807, 2.05) is 0 Å². The number of hydrogen-bond acceptors (Lipinski definition) is 6. The first-order valence-corrected chi connectivity index (χ1v) is 14.2. The number of esters is 1. The molecule has 0 aromatic heterocycles. The van der Waals surface area contributed by atoms with Crippen molar-refractivity contribution in [3.05, 3.63) is 28.2 Å². The van der Waals surface area contributed by atoms with Crippen LogP contribution in [-0.4, -0.2) is 95.2 Å². The molecule has 3 aliphatic rings. The smallest absolute Gasteiger partial charge is 0.322 e. The predicted molar refractivity (Wildman–Crippen MR) is 146 cm³/mol. The number of aliphatic hydroxyl groups excluding tert-OH is 1. The standard InChI is InChI=1S/C27H38Cl2N4O5/c1-17(2)25(36)38-16-20(6-10-31-11-9-27(7-8-27)23(34)15-31)33-13-12-32(18(3)24(33)35)26(37)30-19-4-5-21(28)22(29)14-19/h4-5,14,17-18,20,23,34H,6-13,15-16H2,1-3H3,(H,30,37). The first kappa shape index (κ1) is 28.9. The minimum absolute atomic E-state index is 0.102. The molecule has 0 bridgehead atoms. The summed E-state index contributed by atoms with van der Waals surface area (Å²) in [5, 5.41) is 14.1. The van der Waals surface area contributed by atoms with Gasteiger partial charge in [-0.15, -0.1) is 0 Å². The first-order valence-electron chi connectivity index (χ1n) is 13.4. The summed E-state index contributed by atoms with van der Waals surface area (Å²) in [5.41, 5.74) is 0.615. The van der Waals surface area contributed by atoms with Crippen LogP contribution in [-0.2, 0) is 14.3 Å². The molecule has 2 heterocycles. The zero-order valence-corrected chi connectivity index (χ0v) is 23.8. The van der Waals surface area contributed by atoms with Crippen molar-refractivity contribution in [3.8, 4) is 0 Å². The maximum absolute atomic E-state index is 13.5. The Balaban J connectivity index is 1.38. The van der Waals surface area contributed by atoms with E-state index in [-0.39, 0.29) is 42.0 Å². The number of β-amino-alcohol motifs (C(OH)–C–C–N with tert-alkyl or cyclic N) is 1. The molecule has 1 aliphatic carbocycles. The van der Waals surface area contributed by atoms with Gasteiger partial charge in [0.05, 0.1) is 28.1 Å². The van der Waals surface area contributed by atoms with Crippen molar-refractivity contribution in [2.45, 2.75) is 64.6 Å². The Kier molecular flexibility index (Phi) is 9.12. The van der Waals surface area contributed by atoms with Gasteiger partial charge in [0.15, 0.2) is 0 Å². The molecule has 3 unspecified atom stereocenters. The molecular formula is C27H38Cl2N4O5. The molecule has 9 nitrogen and oxygen atoms in total. The van der Waals surface area contributed by atoms with Crippen LogP contribution in [0, 0.1) is 11.3 Å². The van der Waals surface area contributed by atoms with Crippen molar-refractivity contribution >= 4 is 46.8 Å². The molecule has 0 radical (unpaired) electrons. The van der Waals surface area contributed by atoms with Crippen LogP contribution >= 0.6 is 23.2 Å². The number of carbonyl (C=O) groups excluding carboxylic acids is 3. The van der Waals surface area contributed by atoms with Gasteiger partial charge in [-0.2, -0.15) is 0 Å². The molecule has 2 N–H and O–H groups in total. The molecule has 11 heteroatoms. The summed E-state index contributed by atoms with van der Waals surface area (Å²) in [6.07, 6.45) is 3.49. The number of rotatable bonds is 8. The van der Waals surface area contributed by atoms with Crippen LogP contribution in [0.25, 0.3) is 0 Å². The largest absolute Gasteiger partial charge is 0.463 e. The number of piperidine rings is 1. The number of ether oxygens (including phenoxy) is 1. The van der Waals surface area contributed by atoms with E-state index in [1.54, 1.807) is 43.9 Å². The highest BCUT2D eigenvalue weighted by molar-refractivity contribution is 6.42. The van der Waals surface area contributed by atoms with E-state index in [4.69, 9.17) is 27.9 Å². The van der Waals surface area contributed by atoms with Crippen molar-refractivity contribution in [3.63, 3.8) is 0 Å². The van der Waals surface area contributed by atoms with Crippen LogP contribution in [0.3, 0.4) is 0 Å². The maximum Gasteiger partial charge on any atom is 0.322 e. The second kappa shape index (κ2) is 12.0. The van der Waals surface area contributed by atoms with E-state index < -0.39 is 12.1 Å². The normalized spacial score (nSPS) is 24.0. The maximum atomic E-state index is 13.5. The Morgan fingerprint density at radius 1 is 1.16 bits per heavy atom. The topological polar surface area (TPSA) is 102 Å². The molecule has 4 rings (SSSR count). The third kappa shape index (κ3) is 6.55. The van der Waals surface area contributed by atoms with Gasteiger partial charge in [-0.3, -0.25) is 9.59 Å². The monoisotopic (exact) mass is 568 g/mol. The van der Waals surface area contributed by atoms with Crippen LogP contribution in [0.5, 0.6) is 0 Å². The van der Waals surface area contributed by atoms with Crippen LogP contribution in [0.15, 0.2) is 18.2 Å². The molecule has 38 heavy (non-hydrogen) atoms. The lowest BCUT2D eigenvalue weighted by Crippen LogP contribution is -2.61. The number of benzene rings is 1. The van der Waals surface area contributed by atoms with E-state index >= 15 is 0 Å². The van der Waals surface area contributed by atoms with Crippen molar-refractivity contribution in [2.75, 3.05) is 44.6 Å². The summed E-state index contributed by atoms with van der Waals surface area (Å²) < 4.78 is 5.56. The average molecular weight is 570 g/mol. The number of hydrogen-bond donors (Lipinski definition) is 2. The Bertz CT molecular complexity index is 1050. The van der Waals surface area contributed by atoms with Crippen molar-refractivity contribution in [1.82, 2.24) is 14.7 Å². The highest BCUT2D eigenvalue weighted by Crippen LogP contribution is 2.53. The van der Waals surface area contributed by atoms with Crippen LogP contribution < -0.4 is 5.32 Å². The Labute approximate surface area is 234 Å². The Morgan fingerprint density at radius 2 is 1.89 bits per heavy atom. The van der Waals surface area contributed by atoms with E-state index in [9.17, 15) is 19.5 Å². The van der Waals surface area contributed by atoms with Crippen LogP contribution in [0.4, 0.5) is 10.5 Å². The number of anilines is 1. The zero-order valence-electron chi connectivity index (χ0n) is 22.3. The summed E-state index contributed by atoms with van der Waals surface area (Å²) in [7, 11) is 0. The Morgan fingerprint density at radius 3 is 2.53 bits per heavy atom. The predicted octanol–water partition coefficient (Wildman–Crippen LogP) is 3.86. The minimum atomic E-state index is -0.693. The van der Waals surface area contributed by atoms with Gasteiger partial charge in [-0.25, -0.2) is 4.79 Å². The van der Waals surface area contributed by atoms with Crippen molar-refractivity contribution < 1.29 is 24.2 Å². The number of aliphatic hydroxyl groups is 1. The number of likely N-dealkylation sites (tertiary alicyclic amines) is 1. The van der Waals surface area contributed by atoms with E-state index in [0.717, 1.165) is 25.8 Å². The molecule has 2 saturated heterocycles. The number of halogens is 2. The number of urea groups is 1. The lowest BCUT2D eigenvalue weighted by Gasteiger charge is -2.43. The molecule has 1 saturated carbocycles. The lowest BCUT2D eigenvalue weighted by molar-refractivity contribution is -0.154. The van der Waals surface area contributed by atoms with E-state index in [2.05, 4.69) is 10.2 Å². The number of carbonyl (C=O) groups is 3. The highest BCUT2D eigenvalue weighted by atomic mass is 35.5. The SMILES string of the molecule is CC(C)C(=O)OCC(CCN1CCC2(CC2)C(O)C1)N1CCN(C(=O)Nc2ccc(Cl)c(Cl)c2)C(C)C1=O. The summed E-state index contributed by atoms with van der Waals surface area (Å²) in [5.74, 6) is -0.764. The van der Waals surface area contributed by atoms with Gasteiger partial charge < -0.3 is 29.9 Å². The average Bonchev–Trinajstić information content (AvgIpc) is 3.66.